The van der Waals surface area contributed by atoms with E-state index in [-0.39, 0.29) is 24.8 Å². The van der Waals surface area contributed by atoms with E-state index in [1.54, 1.807) is 6.92 Å². The van der Waals surface area contributed by atoms with Crippen LogP contribution in [-0.2, 0) is 9.59 Å². The SMILES string of the molecule is CN1C(=O)CC(C)(CN)C1=O. The number of nitrogens with zero attached hydrogens (tertiary/aromatic N) is 1. The van der Waals surface area contributed by atoms with Gasteiger partial charge in [-0.3, -0.25) is 14.5 Å². The van der Waals surface area contributed by atoms with Crippen LogP contribution in [0.1, 0.15) is 13.3 Å². The molecule has 11 heavy (non-hydrogen) atoms. The fourth-order valence-electron chi connectivity index (χ4n) is 1.21. The van der Waals surface area contributed by atoms with E-state index in [0.29, 0.717) is 0 Å². The average Bonchev–Trinajstić information content (AvgIpc) is 2.17. The lowest BCUT2D eigenvalue weighted by Gasteiger charge is -2.17. The van der Waals surface area contributed by atoms with Crippen molar-refractivity contribution in [3.05, 3.63) is 0 Å². The third-order valence-electron chi connectivity index (χ3n) is 2.19. The molecule has 0 saturated carbocycles. The maximum Gasteiger partial charge on any atom is 0.236 e. The first-order chi connectivity index (χ1) is 5.01. The topological polar surface area (TPSA) is 63.4 Å². The Kier molecular flexibility index (Phi) is 1.72. The van der Waals surface area contributed by atoms with Gasteiger partial charge < -0.3 is 5.73 Å². The standard InChI is InChI=1S/C7H12N2O2/c1-7(4-8)3-5(10)9(2)6(7)11/h3-4,8H2,1-2H3. The van der Waals surface area contributed by atoms with Crippen LogP contribution < -0.4 is 5.73 Å². The van der Waals surface area contributed by atoms with Gasteiger partial charge >= 0.3 is 0 Å². The smallest absolute Gasteiger partial charge is 0.236 e. The van der Waals surface area contributed by atoms with Gasteiger partial charge in [0, 0.05) is 20.0 Å². The minimum absolute atomic E-state index is 0.136. The fraction of sp³-hybridized carbons (Fsp3) is 0.714. The van der Waals surface area contributed by atoms with Crippen molar-refractivity contribution in [3.8, 4) is 0 Å². The highest BCUT2D eigenvalue weighted by Crippen LogP contribution is 2.29. The highest BCUT2D eigenvalue weighted by Gasteiger charge is 2.45. The molecule has 4 nitrogen and oxygen atoms in total. The summed E-state index contributed by atoms with van der Waals surface area (Å²) in [6, 6.07) is 0. The number of likely N-dealkylation sites (tertiary alicyclic amines) is 1. The minimum Gasteiger partial charge on any atom is -0.329 e. The van der Waals surface area contributed by atoms with Crippen LogP contribution in [0.2, 0.25) is 0 Å². The molecule has 0 radical (unpaired) electrons. The Balaban J connectivity index is 2.91. The van der Waals surface area contributed by atoms with E-state index in [4.69, 9.17) is 5.73 Å². The van der Waals surface area contributed by atoms with Gasteiger partial charge in [-0.1, -0.05) is 0 Å². The Hall–Kier alpha value is -0.900. The number of carbonyl (C=O) groups excluding carboxylic acids is 2. The van der Waals surface area contributed by atoms with Gasteiger partial charge in [-0.05, 0) is 6.92 Å². The van der Waals surface area contributed by atoms with Gasteiger partial charge in [-0.25, -0.2) is 0 Å². The Morgan fingerprint density at radius 3 is 2.36 bits per heavy atom. The first kappa shape index (κ1) is 8.20. The summed E-state index contributed by atoms with van der Waals surface area (Å²) in [5, 5.41) is 0. The number of nitrogens with two attached hydrogens (primary N) is 1. The van der Waals surface area contributed by atoms with Crippen molar-refractivity contribution in [1.29, 1.82) is 0 Å². The molecule has 1 saturated heterocycles. The van der Waals surface area contributed by atoms with Gasteiger partial charge in [-0.15, -0.1) is 0 Å². The van der Waals surface area contributed by atoms with Crippen molar-refractivity contribution in [2.45, 2.75) is 13.3 Å². The summed E-state index contributed by atoms with van der Waals surface area (Å²) in [6.07, 6.45) is 0.249. The summed E-state index contributed by atoms with van der Waals surface area (Å²) in [5.41, 5.74) is 4.74. The molecule has 2 amide bonds. The maximum atomic E-state index is 11.3. The Bertz CT molecular complexity index is 214. The molecular formula is C7H12N2O2. The van der Waals surface area contributed by atoms with E-state index in [2.05, 4.69) is 0 Å². The summed E-state index contributed by atoms with van der Waals surface area (Å²) in [6.45, 7) is 1.96. The molecule has 0 aromatic carbocycles. The van der Waals surface area contributed by atoms with Crippen molar-refractivity contribution in [2.75, 3.05) is 13.6 Å². The average molecular weight is 156 g/mol. The highest BCUT2D eigenvalue weighted by atomic mass is 16.2. The molecule has 0 aliphatic carbocycles. The summed E-state index contributed by atoms with van der Waals surface area (Å²) < 4.78 is 0. The zero-order valence-electron chi connectivity index (χ0n) is 6.76. The van der Waals surface area contributed by atoms with Crippen LogP contribution in [-0.4, -0.2) is 30.3 Å². The third kappa shape index (κ3) is 1.03. The van der Waals surface area contributed by atoms with E-state index in [1.807, 2.05) is 0 Å². The number of hydrogen-bond donors (Lipinski definition) is 1. The molecule has 1 heterocycles. The van der Waals surface area contributed by atoms with Gasteiger partial charge in [0.15, 0.2) is 0 Å². The van der Waals surface area contributed by atoms with Crippen LogP contribution in [0.5, 0.6) is 0 Å². The summed E-state index contributed by atoms with van der Waals surface area (Å²) in [5.74, 6) is -0.298. The van der Waals surface area contributed by atoms with E-state index in [0.717, 1.165) is 4.90 Å². The number of imide groups is 1. The predicted molar refractivity (Wildman–Crippen MR) is 39.6 cm³/mol. The lowest BCUT2D eigenvalue weighted by atomic mass is 9.89. The molecule has 1 atom stereocenters. The van der Waals surface area contributed by atoms with Crippen LogP contribution in [0.3, 0.4) is 0 Å². The van der Waals surface area contributed by atoms with Crippen LogP contribution >= 0.6 is 0 Å². The van der Waals surface area contributed by atoms with Crippen molar-refractivity contribution >= 4 is 11.8 Å². The van der Waals surface area contributed by atoms with Crippen molar-refractivity contribution in [2.24, 2.45) is 11.1 Å². The van der Waals surface area contributed by atoms with E-state index < -0.39 is 5.41 Å². The molecule has 1 unspecified atom stereocenters. The number of carbonyl (C=O) groups is 2. The summed E-state index contributed by atoms with van der Waals surface area (Å²) in [4.78, 5) is 23.4. The quantitative estimate of drug-likeness (QED) is 0.512. The Morgan fingerprint density at radius 1 is 1.64 bits per heavy atom. The Morgan fingerprint density at radius 2 is 2.18 bits per heavy atom. The molecule has 1 rings (SSSR count). The van der Waals surface area contributed by atoms with Gasteiger partial charge in [0.1, 0.15) is 0 Å². The molecule has 2 N–H and O–H groups in total. The molecule has 4 heteroatoms. The third-order valence-corrected chi connectivity index (χ3v) is 2.19. The van der Waals surface area contributed by atoms with E-state index in [9.17, 15) is 9.59 Å². The Labute approximate surface area is 65.3 Å². The maximum absolute atomic E-state index is 11.3. The van der Waals surface area contributed by atoms with Crippen molar-refractivity contribution in [3.63, 3.8) is 0 Å². The predicted octanol–water partition coefficient (Wildman–Crippen LogP) is -0.660. The second kappa shape index (κ2) is 2.30. The van der Waals surface area contributed by atoms with Gasteiger partial charge in [0.05, 0.1) is 5.41 Å². The molecular weight excluding hydrogens is 144 g/mol. The van der Waals surface area contributed by atoms with E-state index >= 15 is 0 Å². The first-order valence-corrected chi connectivity index (χ1v) is 3.52. The van der Waals surface area contributed by atoms with Crippen molar-refractivity contribution in [1.82, 2.24) is 4.90 Å². The highest BCUT2D eigenvalue weighted by molar-refractivity contribution is 6.05. The van der Waals surface area contributed by atoms with Crippen molar-refractivity contribution < 1.29 is 9.59 Å². The van der Waals surface area contributed by atoms with E-state index in [1.165, 1.54) is 7.05 Å². The lowest BCUT2D eigenvalue weighted by Crippen LogP contribution is -2.36. The molecule has 0 spiro atoms. The molecule has 0 aromatic heterocycles. The monoisotopic (exact) mass is 156 g/mol. The van der Waals surface area contributed by atoms with Gasteiger partial charge in [0.2, 0.25) is 11.8 Å². The summed E-state index contributed by atoms with van der Waals surface area (Å²) >= 11 is 0. The second-order valence-electron chi connectivity index (χ2n) is 3.20. The minimum atomic E-state index is -0.647. The van der Waals surface area contributed by atoms with Crippen LogP contribution in [0.25, 0.3) is 0 Å². The van der Waals surface area contributed by atoms with Crippen LogP contribution in [0.15, 0.2) is 0 Å². The number of hydrogen-bond acceptors (Lipinski definition) is 3. The van der Waals surface area contributed by atoms with Gasteiger partial charge in [-0.2, -0.15) is 0 Å². The zero-order valence-corrected chi connectivity index (χ0v) is 6.76. The van der Waals surface area contributed by atoms with Crippen LogP contribution in [0, 0.1) is 5.41 Å². The van der Waals surface area contributed by atoms with Gasteiger partial charge in [0.25, 0.3) is 0 Å². The second-order valence-corrected chi connectivity index (χ2v) is 3.20. The molecule has 1 fully saturated rings. The molecule has 0 aromatic rings. The zero-order chi connectivity index (χ0) is 8.65. The summed E-state index contributed by atoms with van der Waals surface area (Å²) in [7, 11) is 1.49. The lowest BCUT2D eigenvalue weighted by molar-refractivity contribution is -0.139. The number of amides is 2. The largest absolute Gasteiger partial charge is 0.329 e. The van der Waals surface area contributed by atoms with Crippen LogP contribution in [0.4, 0.5) is 0 Å². The molecule has 0 bridgehead atoms. The fourth-order valence-corrected chi connectivity index (χ4v) is 1.21. The molecule has 1 aliphatic heterocycles. The molecule has 1 aliphatic rings. The molecule has 62 valence electrons. The normalized spacial score (nSPS) is 31.7. The first-order valence-electron chi connectivity index (χ1n) is 3.52. The number of rotatable bonds is 1.